The number of nitrogens with one attached hydrogen (secondary N) is 1. The molecule has 1 aromatic heterocycles. The number of benzene rings is 1. The molecule has 102 valence electrons. The molecule has 2 rings (SSSR count). The Morgan fingerprint density at radius 1 is 1.21 bits per heavy atom. The standard InChI is InChI=1S/C14H19N3O2/c1-4-13-16-17-14(19-13)9-18-12-7-5-11(6-8-12)10(2)15-3/h5-8,10,15H,4,9H2,1-3H3. The third kappa shape index (κ3) is 3.54. The van der Waals surface area contributed by atoms with E-state index >= 15 is 0 Å². The molecular formula is C14H19N3O2. The predicted molar refractivity (Wildman–Crippen MR) is 71.9 cm³/mol. The molecule has 2 aromatic rings. The van der Waals surface area contributed by atoms with Crippen LogP contribution in [-0.2, 0) is 13.0 Å². The first-order valence-electron chi connectivity index (χ1n) is 6.44. The highest BCUT2D eigenvalue weighted by Gasteiger charge is 2.06. The molecular weight excluding hydrogens is 242 g/mol. The third-order valence-corrected chi connectivity index (χ3v) is 2.99. The van der Waals surface area contributed by atoms with E-state index < -0.39 is 0 Å². The van der Waals surface area contributed by atoms with Gasteiger partial charge in [0, 0.05) is 12.5 Å². The molecule has 1 N–H and O–H groups in total. The SMILES string of the molecule is CCc1nnc(COc2ccc(C(C)NC)cc2)o1. The number of rotatable bonds is 6. The Labute approximate surface area is 113 Å². The lowest BCUT2D eigenvalue weighted by Crippen LogP contribution is -2.11. The largest absolute Gasteiger partial charge is 0.484 e. The van der Waals surface area contributed by atoms with Gasteiger partial charge in [0.05, 0.1) is 0 Å². The van der Waals surface area contributed by atoms with Crippen LogP contribution in [0.1, 0.15) is 37.2 Å². The minimum Gasteiger partial charge on any atom is -0.484 e. The fraction of sp³-hybridized carbons (Fsp3) is 0.429. The Hall–Kier alpha value is -1.88. The van der Waals surface area contributed by atoms with Gasteiger partial charge in [-0.05, 0) is 31.7 Å². The van der Waals surface area contributed by atoms with Crippen LogP contribution in [0.4, 0.5) is 0 Å². The Kier molecular flexibility index (Phi) is 4.52. The first-order valence-corrected chi connectivity index (χ1v) is 6.44. The summed E-state index contributed by atoms with van der Waals surface area (Å²) in [6.07, 6.45) is 0.740. The van der Waals surface area contributed by atoms with Crippen LogP contribution in [-0.4, -0.2) is 17.2 Å². The van der Waals surface area contributed by atoms with Crippen LogP contribution in [0.3, 0.4) is 0 Å². The van der Waals surface area contributed by atoms with Gasteiger partial charge < -0.3 is 14.5 Å². The first kappa shape index (κ1) is 13.5. The third-order valence-electron chi connectivity index (χ3n) is 2.99. The van der Waals surface area contributed by atoms with Gasteiger partial charge in [0.2, 0.25) is 5.89 Å². The number of ether oxygens (including phenoxy) is 1. The van der Waals surface area contributed by atoms with Gasteiger partial charge in [-0.15, -0.1) is 10.2 Å². The number of hydrogen-bond donors (Lipinski definition) is 1. The number of nitrogens with zero attached hydrogens (tertiary/aromatic N) is 2. The Morgan fingerprint density at radius 2 is 1.89 bits per heavy atom. The van der Waals surface area contributed by atoms with E-state index in [4.69, 9.17) is 9.15 Å². The van der Waals surface area contributed by atoms with Crippen molar-refractivity contribution in [3.8, 4) is 5.75 Å². The summed E-state index contributed by atoms with van der Waals surface area (Å²) in [4.78, 5) is 0. The molecule has 5 nitrogen and oxygen atoms in total. The van der Waals surface area contributed by atoms with E-state index in [-0.39, 0.29) is 0 Å². The average Bonchev–Trinajstić information content (AvgIpc) is 2.93. The molecule has 0 spiro atoms. The first-order chi connectivity index (χ1) is 9.22. The molecule has 0 amide bonds. The molecule has 0 fully saturated rings. The van der Waals surface area contributed by atoms with E-state index in [0.717, 1.165) is 12.2 Å². The maximum Gasteiger partial charge on any atom is 0.253 e. The molecule has 0 radical (unpaired) electrons. The second-order valence-electron chi connectivity index (χ2n) is 4.31. The fourth-order valence-electron chi connectivity index (χ4n) is 1.65. The number of aryl methyl sites for hydroxylation is 1. The molecule has 0 aliphatic rings. The van der Waals surface area contributed by atoms with Gasteiger partial charge in [0.25, 0.3) is 5.89 Å². The molecule has 0 aliphatic heterocycles. The van der Waals surface area contributed by atoms with Crippen molar-refractivity contribution < 1.29 is 9.15 Å². The van der Waals surface area contributed by atoms with Crippen LogP contribution in [0.5, 0.6) is 5.75 Å². The van der Waals surface area contributed by atoms with E-state index in [1.165, 1.54) is 5.56 Å². The average molecular weight is 261 g/mol. The van der Waals surface area contributed by atoms with Gasteiger partial charge >= 0.3 is 0 Å². The van der Waals surface area contributed by atoms with Gasteiger partial charge in [0.1, 0.15) is 5.75 Å². The smallest absolute Gasteiger partial charge is 0.253 e. The van der Waals surface area contributed by atoms with E-state index in [9.17, 15) is 0 Å². The van der Waals surface area contributed by atoms with Crippen LogP contribution in [0.2, 0.25) is 0 Å². The van der Waals surface area contributed by atoms with Crippen molar-refractivity contribution in [3.63, 3.8) is 0 Å². The van der Waals surface area contributed by atoms with Gasteiger partial charge in [-0.3, -0.25) is 0 Å². The second kappa shape index (κ2) is 6.33. The number of hydrogen-bond acceptors (Lipinski definition) is 5. The molecule has 0 saturated carbocycles. The van der Waals surface area contributed by atoms with Crippen molar-refractivity contribution in [2.24, 2.45) is 0 Å². The molecule has 1 unspecified atom stereocenters. The minimum atomic E-state index is 0.300. The van der Waals surface area contributed by atoms with Gasteiger partial charge in [-0.25, -0.2) is 0 Å². The maximum atomic E-state index is 5.60. The Balaban J connectivity index is 1.92. The second-order valence-corrected chi connectivity index (χ2v) is 4.31. The monoisotopic (exact) mass is 261 g/mol. The molecule has 0 bridgehead atoms. The zero-order chi connectivity index (χ0) is 13.7. The van der Waals surface area contributed by atoms with Crippen molar-refractivity contribution in [2.75, 3.05) is 7.05 Å². The molecule has 1 aromatic carbocycles. The topological polar surface area (TPSA) is 60.2 Å². The van der Waals surface area contributed by atoms with E-state index in [1.807, 2.05) is 38.2 Å². The maximum absolute atomic E-state index is 5.60. The lowest BCUT2D eigenvalue weighted by molar-refractivity contribution is 0.259. The van der Waals surface area contributed by atoms with Crippen LogP contribution in [0, 0.1) is 0 Å². The van der Waals surface area contributed by atoms with Crippen molar-refractivity contribution in [1.82, 2.24) is 15.5 Å². The number of aromatic nitrogens is 2. The highest BCUT2D eigenvalue weighted by Crippen LogP contribution is 2.18. The summed E-state index contributed by atoms with van der Waals surface area (Å²) >= 11 is 0. The van der Waals surface area contributed by atoms with Crippen LogP contribution < -0.4 is 10.1 Å². The highest BCUT2D eigenvalue weighted by atomic mass is 16.5. The fourth-order valence-corrected chi connectivity index (χ4v) is 1.65. The normalized spacial score (nSPS) is 12.4. The summed E-state index contributed by atoms with van der Waals surface area (Å²) in [6, 6.07) is 8.31. The molecule has 0 saturated heterocycles. The van der Waals surface area contributed by atoms with Gasteiger partial charge in [-0.2, -0.15) is 0 Å². The summed E-state index contributed by atoms with van der Waals surface area (Å²) in [6.45, 7) is 4.38. The zero-order valence-corrected chi connectivity index (χ0v) is 11.5. The Morgan fingerprint density at radius 3 is 2.47 bits per heavy atom. The van der Waals surface area contributed by atoms with Crippen LogP contribution in [0.15, 0.2) is 28.7 Å². The summed E-state index contributed by atoms with van der Waals surface area (Å²) in [5.74, 6) is 1.93. The summed E-state index contributed by atoms with van der Waals surface area (Å²) in [7, 11) is 1.94. The van der Waals surface area contributed by atoms with Crippen LogP contribution >= 0.6 is 0 Å². The van der Waals surface area contributed by atoms with Gasteiger partial charge in [0.15, 0.2) is 6.61 Å². The van der Waals surface area contributed by atoms with E-state index in [1.54, 1.807) is 0 Å². The summed E-state index contributed by atoms with van der Waals surface area (Å²) < 4.78 is 11.0. The quantitative estimate of drug-likeness (QED) is 0.865. The van der Waals surface area contributed by atoms with Crippen molar-refractivity contribution in [1.29, 1.82) is 0 Å². The molecule has 1 atom stereocenters. The van der Waals surface area contributed by atoms with Crippen molar-refractivity contribution in [2.45, 2.75) is 32.9 Å². The van der Waals surface area contributed by atoms with Crippen LogP contribution in [0.25, 0.3) is 0 Å². The molecule has 5 heteroatoms. The molecule has 19 heavy (non-hydrogen) atoms. The lowest BCUT2D eigenvalue weighted by Gasteiger charge is -2.11. The van der Waals surface area contributed by atoms with E-state index in [2.05, 4.69) is 22.4 Å². The minimum absolute atomic E-state index is 0.300. The van der Waals surface area contributed by atoms with Crippen molar-refractivity contribution >= 4 is 0 Å². The summed E-state index contributed by atoms with van der Waals surface area (Å²) in [5.41, 5.74) is 1.22. The Bertz CT molecular complexity index is 508. The predicted octanol–water partition coefficient (Wildman–Crippen LogP) is 2.49. The zero-order valence-electron chi connectivity index (χ0n) is 11.5. The summed E-state index contributed by atoms with van der Waals surface area (Å²) in [5, 5.41) is 11.0. The molecule has 0 aliphatic carbocycles. The van der Waals surface area contributed by atoms with Gasteiger partial charge in [-0.1, -0.05) is 19.1 Å². The lowest BCUT2D eigenvalue weighted by atomic mass is 10.1. The molecule has 1 heterocycles. The van der Waals surface area contributed by atoms with Crippen molar-refractivity contribution in [3.05, 3.63) is 41.6 Å². The highest BCUT2D eigenvalue weighted by molar-refractivity contribution is 5.28. The van der Waals surface area contributed by atoms with E-state index in [0.29, 0.717) is 24.4 Å².